The molecule has 2 aromatic rings. The number of aromatic nitrogens is 1. The summed E-state index contributed by atoms with van der Waals surface area (Å²) in [5.41, 5.74) is 1.09. The topological polar surface area (TPSA) is 52.2 Å². The zero-order valence-electron chi connectivity index (χ0n) is 7.90. The lowest BCUT2D eigenvalue weighted by Crippen LogP contribution is -1.88. The van der Waals surface area contributed by atoms with Crippen molar-refractivity contribution in [1.29, 1.82) is 0 Å². The number of Topliss-reactive ketones (excluding diaryl/α,β-unsaturated/α-hetero) is 1. The third kappa shape index (κ3) is 1.08. The Hall–Kier alpha value is -1.84. The number of hydrogen-bond donors (Lipinski definition) is 0. The van der Waals surface area contributed by atoms with Crippen LogP contribution in [0.4, 0.5) is 0 Å². The fraction of sp³-hybridized carbons (Fsp3) is 0.200. The maximum Gasteiger partial charge on any atom is 0.208 e. The number of carbonyl (C=O) groups is 2. The Balaban J connectivity index is 2.76. The third-order valence-electron chi connectivity index (χ3n) is 2.15. The van der Waals surface area contributed by atoms with Gasteiger partial charge in [-0.05, 0) is 6.07 Å². The van der Waals surface area contributed by atoms with Gasteiger partial charge in [0.15, 0.2) is 17.8 Å². The molecule has 0 saturated carbocycles. The zero-order valence-corrected chi connectivity index (χ0v) is 7.90. The molecule has 72 valence electrons. The normalized spacial score (nSPS) is 10.7. The van der Waals surface area contributed by atoms with Crippen molar-refractivity contribution in [3.8, 4) is 0 Å². The summed E-state index contributed by atoms with van der Waals surface area (Å²) in [7, 11) is 1.77. The van der Waals surface area contributed by atoms with Crippen LogP contribution in [0.3, 0.4) is 0 Å². The highest BCUT2D eigenvalue weighted by molar-refractivity contribution is 6.01. The van der Waals surface area contributed by atoms with Gasteiger partial charge in [-0.15, -0.1) is 0 Å². The number of aryl methyl sites for hydroxylation is 1. The van der Waals surface area contributed by atoms with Gasteiger partial charge in [0, 0.05) is 25.7 Å². The highest BCUT2D eigenvalue weighted by Crippen LogP contribution is 2.23. The first-order chi connectivity index (χ1) is 6.63. The van der Waals surface area contributed by atoms with Crippen molar-refractivity contribution in [3.63, 3.8) is 0 Å². The highest BCUT2D eigenvalue weighted by Gasteiger charge is 2.14. The van der Waals surface area contributed by atoms with Gasteiger partial charge >= 0.3 is 0 Å². The van der Waals surface area contributed by atoms with Crippen molar-refractivity contribution < 1.29 is 14.0 Å². The van der Waals surface area contributed by atoms with Gasteiger partial charge in [-0.25, -0.2) is 0 Å². The van der Waals surface area contributed by atoms with Crippen LogP contribution in [0.5, 0.6) is 0 Å². The molecule has 14 heavy (non-hydrogen) atoms. The summed E-state index contributed by atoms with van der Waals surface area (Å²) in [5, 5.41) is 0.688. The molecule has 2 rings (SSSR count). The summed E-state index contributed by atoms with van der Waals surface area (Å²) in [6, 6.07) is 1.60. The van der Waals surface area contributed by atoms with E-state index >= 15 is 0 Å². The minimum atomic E-state index is -0.141. The molecule has 0 aliphatic rings. The first kappa shape index (κ1) is 8.74. The van der Waals surface area contributed by atoms with Gasteiger partial charge in [-0.1, -0.05) is 0 Å². The molecule has 2 heterocycles. The first-order valence-corrected chi connectivity index (χ1v) is 4.18. The zero-order chi connectivity index (χ0) is 10.3. The molecule has 0 N–H and O–H groups in total. The number of aldehydes is 1. The summed E-state index contributed by atoms with van der Waals surface area (Å²) in [6.45, 7) is 1.43. The van der Waals surface area contributed by atoms with E-state index in [4.69, 9.17) is 4.42 Å². The van der Waals surface area contributed by atoms with Gasteiger partial charge in [0.05, 0.1) is 5.39 Å². The maximum atomic E-state index is 11.0. The number of nitrogens with zero attached hydrogens (tertiary/aromatic N) is 1. The predicted octanol–water partition coefficient (Wildman–Crippen LogP) is 1.79. The number of rotatable bonds is 2. The quantitative estimate of drug-likeness (QED) is 0.537. The van der Waals surface area contributed by atoms with Crippen molar-refractivity contribution in [2.75, 3.05) is 0 Å². The molecule has 0 aliphatic heterocycles. The van der Waals surface area contributed by atoms with Gasteiger partial charge in [0.1, 0.15) is 0 Å². The molecule has 0 bridgehead atoms. The summed E-state index contributed by atoms with van der Waals surface area (Å²) < 4.78 is 6.98. The molecule has 4 heteroatoms. The second kappa shape index (κ2) is 2.83. The lowest BCUT2D eigenvalue weighted by atomic mass is 10.2. The molecule has 4 nitrogen and oxygen atoms in total. The van der Waals surface area contributed by atoms with Gasteiger partial charge in [-0.3, -0.25) is 9.59 Å². The van der Waals surface area contributed by atoms with Crippen LogP contribution in [-0.4, -0.2) is 16.6 Å². The van der Waals surface area contributed by atoms with Crippen LogP contribution in [0.1, 0.15) is 27.8 Å². The number of carbonyl (C=O) groups excluding carboxylic acids is 2. The molecule has 0 fully saturated rings. The number of furan rings is 1. The van der Waals surface area contributed by atoms with Crippen molar-refractivity contribution in [2.45, 2.75) is 6.92 Å². The molecule has 0 atom stereocenters. The van der Waals surface area contributed by atoms with Crippen molar-refractivity contribution >= 4 is 23.2 Å². The average Bonchev–Trinajstić information content (AvgIpc) is 2.66. The van der Waals surface area contributed by atoms with Gasteiger partial charge in [0.2, 0.25) is 5.71 Å². The molecule has 2 aromatic heterocycles. The minimum absolute atomic E-state index is 0.141. The van der Waals surface area contributed by atoms with E-state index < -0.39 is 0 Å². The Morgan fingerprint density at radius 1 is 1.57 bits per heavy atom. The highest BCUT2D eigenvalue weighted by atomic mass is 16.4. The largest absolute Gasteiger partial charge is 0.436 e. The summed E-state index contributed by atoms with van der Waals surface area (Å²) in [6.07, 6.45) is 2.42. The number of hydrogen-bond acceptors (Lipinski definition) is 3. The van der Waals surface area contributed by atoms with Gasteiger partial charge in [-0.2, -0.15) is 0 Å². The molecule has 0 radical (unpaired) electrons. The van der Waals surface area contributed by atoms with E-state index in [1.165, 1.54) is 6.92 Å². The second-order valence-electron chi connectivity index (χ2n) is 3.20. The number of fused-ring (bicyclic) bond motifs is 1. The maximum absolute atomic E-state index is 11.0. The fourth-order valence-corrected chi connectivity index (χ4v) is 1.45. The van der Waals surface area contributed by atoms with Gasteiger partial charge in [0.25, 0.3) is 0 Å². The van der Waals surface area contributed by atoms with Crippen molar-refractivity contribution in [3.05, 3.63) is 23.6 Å². The second-order valence-corrected chi connectivity index (χ2v) is 3.20. The molecule has 0 amide bonds. The van der Waals surface area contributed by atoms with Crippen molar-refractivity contribution in [2.24, 2.45) is 7.05 Å². The van der Waals surface area contributed by atoms with E-state index in [9.17, 15) is 9.59 Å². The Kier molecular flexibility index (Phi) is 1.77. The smallest absolute Gasteiger partial charge is 0.208 e. The Bertz CT molecular complexity index is 519. The van der Waals surface area contributed by atoms with Crippen LogP contribution in [-0.2, 0) is 7.05 Å². The Labute approximate surface area is 80.1 Å². The average molecular weight is 191 g/mol. The lowest BCUT2D eigenvalue weighted by molar-refractivity contribution is 0.0988. The van der Waals surface area contributed by atoms with Crippen molar-refractivity contribution in [1.82, 2.24) is 4.57 Å². The molecular formula is C10H9NO3. The van der Waals surface area contributed by atoms with Crippen LogP contribution in [0.25, 0.3) is 11.1 Å². The first-order valence-electron chi connectivity index (χ1n) is 4.18. The molecular weight excluding hydrogens is 182 g/mol. The summed E-state index contributed by atoms with van der Waals surface area (Å²) in [4.78, 5) is 21.7. The molecule has 0 saturated heterocycles. The third-order valence-corrected chi connectivity index (χ3v) is 2.15. The van der Waals surface area contributed by atoms with Crippen LogP contribution in [0.2, 0.25) is 0 Å². The van der Waals surface area contributed by atoms with E-state index in [1.54, 1.807) is 23.9 Å². The summed E-state index contributed by atoms with van der Waals surface area (Å²) in [5.74, 6) is 0.146. The van der Waals surface area contributed by atoms with E-state index in [0.717, 1.165) is 6.29 Å². The monoisotopic (exact) mass is 191 g/mol. The van der Waals surface area contributed by atoms with E-state index in [0.29, 0.717) is 16.7 Å². The standard InChI is InChI=1S/C10H9NO3/c1-6(13)9-3-8-7(5-12)4-11(2)10(8)14-9/h3-5H,1-2H3. The Morgan fingerprint density at radius 2 is 2.29 bits per heavy atom. The molecule has 0 aromatic carbocycles. The van der Waals surface area contributed by atoms with E-state index in [2.05, 4.69) is 0 Å². The Morgan fingerprint density at radius 3 is 2.86 bits per heavy atom. The SMILES string of the molecule is CC(=O)c1cc2c(C=O)cn(C)c2o1. The number of ketones is 1. The van der Waals surface area contributed by atoms with Crippen LogP contribution >= 0.6 is 0 Å². The molecule has 0 unspecified atom stereocenters. The van der Waals surface area contributed by atoms with Crippen LogP contribution in [0.15, 0.2) is 16.7 Å². The van der Waals surface area contributed by atoms with E-state index in [-0.39, 0.29) is 11.5 Å². The van der Waals surface area contributed by atoms with Crippen LogP contribution < -0.4 is 0 Å². The fourth-order valence-electron chi connectivity index (χ4n) is 1.45. The molecule has 0 aliphatic carbocycles. The van der Waals surface area contributed by atoms with Crippen LogP contribution in [0, 0.1) is 0 Å². The van der Waals surface area contributed by atoms with Gasteiger partial charge < -0.3 is 8.98 Å². The lowest BCUT2D eigenvalue weighted by Gasteiger charge is -1.89. The predicted molar refractivity (Wildman–Crippen MR) is 50.6 cm³/mol. The van der Waals surface area contributed by atoms with E-state index in [1.807, 2.05) is 0 Å². The molecule has 0 spiro atoms. The minimum Gasteiger partial charge on any atom is -0.436 e. The summed E-state index contributed by atoms with van der Waals surface area (Å²) >= 11 is 0.